The van der Waals surface area contributed by atoms with Crippen molar-refractivity contribution in [1.82, 2.24) is 0 Å². The highest BCUT2D eigenvalue weighted by Gasteiger charge is 2.61. The first-order valence-corrected chi connectivity index (χ1v) is 13.8. The Hall–Kier alpha value is 0.177. The second-order valence-corrected chi connectivity index (χ2v) is 13.9. The third-order valence-corrected chi connectivity index (χ3v) is 14.3. The Morgan fingerprint density at radius 3 is 2.08 bits per heavy atom. The first-order chi connectivity index (χ1) is 11.7. The first kappa shape index (κ1) is 17.6. The van der Waals surface area contributed by atoms with Gasteiger partial charge in [0.1, 0.15) is 0 Å². The summed E-state index contributed by atoms with van der Waals surface area (Å²) in [7, 11) is -1.57. The smallest absolute Gasteiger partial charge is 0.196 e. The molecule has 2 heteroatoms. The maximum absolute atomic E-state index is 6.86. The predicted octanol–water partition coefficient (Wildman–Crippen LogP) is 6.64. The lowest BCUT2D eigenvalue weighted by Crippen LogP contribution is -2.50. The molecule has 4 rings (SSSR count). The van der Waals surface area contributed by atoms with Crippen LogP contribution in [0.2, 0.25) is 17.6 Å². The fourth-order valence-corrected chi connectivity index (χ4v) is 14.4. The van der Waals surface area contributed by atoms with Gasteiger partial charge in [-0.1, -0.05) is 39.5 Å². The zero-order valence-electron chi connectivity index (χ0n) is 16.4. The van der Waals surface area contributed by atoms with Crippen molar-refractivity contribution in [2.75, 3.05) is 6.61 Å². The highest BCUT2D eigenvalue weighted by molar-refractivity contribution is 6.75. The van der Waals surface area contributed by atoms with Crippen molar-refractivity contribution in [3.8, 4) is 0 Å². The lowest BCUT2D eigenvalue weighted by molar-refractivity contribution is 0.147. The fraction of sp³-hybridized carbons (Fsp3) is 1.00. The van der Waals surface area contributed by atoms with Crippen LogP contribution in [0.1, 0.15) is 78.6 Å². The zero-order valence-corrected chi connectivity index (χ0v) is 17.4. The van der Waals surface area contributed by atoms with Crippen LogP contribution in [0.4, 0.5) is 0 Å². The maximum Gasteiger partial charge on any atom is 0.196 e. The Labute approximate surface area is 151 Å². The first-order valence-electron chi connectivity index (χ1n) is 11.4. The van der Waals surface area contributed by atoms with E-state index in [-0.39, 0.29) is 0 Å². The Bertz CT molecular complexity index is 419. The summed E-state index contributed by atoms with van der Waals surface area (Å²) in [5, 5.41) is 0. The van der Waals surface area contributed by atoms with E-state index in [9.17, 15) is 0 Å². The summed E-state index contributed by atoms with van der Waals surface area (Å²) in [6.07, 6.45) is 13.7. The van der Waals surface area contributed by atoms with Crippen molar-refractivity contribution in [3.63, 3.8) is 0 Å². The van der Waals surface area contributed by atoms with Crippen molar-refractivity contribution in [3.05, 3.63) is 0 Å². The molecule has 7 unspecified atom stereocenters. The number of fused-ring (bicyclic) bond motifs is 4. The SMILES string of the molecule is CCC[Si](CCC)(OCC)C1C2CCC(C2)C1C1CC2CCC1C2. The Balaban J connectivity index is 1.64. The Kier molecular flexibility index (Phi) is 5.17. The zero-order chi connectivity index (χ0) is 16.7. The molecule has 4 saturated carbocycles. The van der Waals surface area contributed by atoms with Gasteiger partial charge in [-0.05, 0) is 92.2 Å². The number of hydrogen-bond acceptors (Lipinski definition) is 1. The molecule has 0 saturated heterocycles. The van der Waals surface area contributed by atoms with E-state index in [0.717, 1.165) is 47.7 Å². The summed E-state index contributed by atoms with van der Waals surface area (Å²) in [6.45, 7) is 8.07. The van der Waals surface area contributed by atoms with Gasteiger partial charge in [0.15, 0.2) is 8.32 Å². The summed E-state index contributed by atoms with van der Waals surface area (Å²) in [5.41, 5.74) is 1.03. The van der Waals surface area contributed by atoms with Crippen LogP contribution in [0.15, 0.2) is 0 Å². The van der Waals surface area contributed by atoms with Crippen LogP contribution in [0, 0.1) is 35.5 Å². The van der Waals surface area contributed by atoms with Gasteiger partial charge in [-0.25, -0.2) is 0 Å². The van der Waals surface area contributed by atoms with E-state index in [4.69, 9.17) is 4.43 Å². The molecule has 0 N–H and O–H groups in total. The minimum atomic E-state index is -1.57. The lowest BCUT2D eigenvalue weighted by atomic mass is 9.72. The van der Waals surface area contributed by atoms with Gasteiger partial charge in [0.25, 0.3) is 0 Å². The van der Waals surface area contributed by atoms with Crippen molar-refractivity contribution < 1.29 is 4.43 Å². The van der Waals surface area contributed by atoms with Gasteiger partial charge in [0, 0.05) is 6.61 Å². The van der Waals surface area contributed by atoms with Gasteiger partial charge in [-0.15, -0.1) is 0 Å². The topological polar surface area (TPSA) is 9.23 Å². The van der Waals surface area contributed by atoms with Crippen LogP contribution >= 0.6 is 0 Å². The quantitative estimate of drug-likeness (QED) is 0.447. The molecule has 0 amide bonds. The van der Waals surface area contributed by atoms with Crippen molar-refractivity contribution in [2.45, 2.75) is 96.2 Å². The molecule has 24 heavy (non-hydrogen) atoms. The molecule has 0 aliphatic heterocycles. The summed E-state index contributed by atoms with van der Waals surface area (Å²) in [5.74, 6) is 6.54. The summed E-state index contributed by atoms with van der Waals surface area (Å²) in [6, 6.07) is 2.89. The van der Waals surface area contributed by atoms with E-state index in [0.29, 0.717) is 0 Å². The second-order valence-electron chi connectivity index (χ2n) is 9.77. The molecule has 0 radical (unpaired) electrons. The van der Waals surface area contributed by atoms with Gasteiger partial charge in [-0.2, -0.15) is 0 Å². The molecule has 7 atom stereocenters. The molecule has 4 aliphatic rings. The highest BCUT2D eigenvalue weighted by Crippen LogP contribution is 2.67. The second kappa shape index (κ2) is 7.06. The van der Waals surface area contributed by atoms with Crippen molar-refractivity contribution in [1.29, 1.82) is 0 Å². The molecule has 0 aromatic carbocycles. The normalized spacial score (nSPS) is 43.9. The number of hydrogen-bond donors (Lipinski definition) is 0. The monoisotopic (exact) mass is 348 g/mol. The third-order valence-electron chi connectivity index (χ3n) is 8.65. The van der Waals surface area contributed by atoms with E-state index in [2.05, 4.69) is 20.8 Å². The fourth-order valence-electron chi connectivity index (χ4n) is 8.33. The average Bonchev–Trinajstić information content (AvgIpc) is 3.34. The Morgan fingerprint density at radius 2 is 1.50 bits per heavy atom. The van der Waals surface area contributed by atoms with Gasteiger partial charge in [0.2, 0.25) is 0 Å². The Morgan fingerprint density at radius 1 is 0.792 bits per heavy atom. The van der Waals surface area contributed by atoms with E-state index in [1.54, 1.807) is 44.9 Å². The maximum atomic E-state index is 6.86. The molecule has 4 fully saturated rings. The molecule has 138 valence electrons. The van der Waals surface area contributed by atoms with Crippen molar-refractivity contribution in [2.24, 2.45) is 35.5 Å². The molecule has 0 aromatic rings. The highest BCUT2D eigenvalue weighted by atomic mass is 28.4. The largest absolute Gasteiger partial charge is 0.417 e. The number of rotatable bonds is 8. The van der Waals surface area contributed by atoms with Crippen LogP contribution in [0.5, 0.6) is 0 Å². The van der Waals surface area contributed by atoms with E-state index < -0.39 is 8.32 Å². The van der Waals surface area contributed by atoms with Gasteiger partial charge < -0.3 is 4.43 Å². The third kappa shape index (κ3) is 2.75. The van der Waals surface area contributed by atoms with E-state index in [1.165, 1.54) is 24.9 Å². The predicted molar refractivity (Wildman–Crippen MR) is 105 cm³/mol. The standard InChI is InChI=1S/C22H40OSi/c1-4-11-24(12-5-2,23-6-3)22-19-10-9-18(15-19)21(22)20-14-16-7-8-17(20)13-16/h16-22H,4-15H2,1-3H3. The minimum absolute atomic E-state index is 0.976. The molecule has 0 spiro atoms. The van der Waals surface area contributed by atoms with Gasteiger partial charge in [-0.3, -0.25) is 0 Å². The van der Waals surface area contributed by atoms with Crippen LogP contribution in [-0.4, -0.2) is 14.9 Å². The van der Waals surface area contributed by atoms with Crippen LogP contribution in [-0.2, 0) is 4.43 Å². The molecule has 0 heterocycles. The van der Waals surface area contributed by atoms with E-state index in [1.807, 2.05) is 0 Å². The van der Waals surface area contributed by atoms with Gasteiger partial charge in [0.05, 0.1) is 0 Å². The molecule has 4 bridgehead atoms. The van der Waals surface area contributed by atoms with Crippen LogP contribution < -0.4 is 0 Å². The summed E-state index contributed by atoms with van der Waals surface area (Å²) >= 11 is 0. The summed E-state index contributed by atoms with van der Waals surface area (Å²) in [4.78, 5) is 0. The van der Waals surface area contributed by atoms with Gasteiger partial charge >= 0.3 is 0 Å². The lowest BCUT2D eigenvalue weighted by Gasteiger charge is -2.48. The van der Waals surface area contributed by atoms with Crippen LogP contribution in [0.25, 0.3) is 0 Å². The molecule has 0 aromatic heterocycles. The van der Waals surface area contributed by atoms with E-state index >= 15 is 0 Å². The molecular weight excluding hydrogens is 308 g/mol. The van der Waals surface area contributed by atoms with Crippen molar-refractivity contribution >= 4 is 8.32 Å². The van der Waals surface area contributed by atoms with Crippen LogP contribution in [0.3, 0.4) is 0 Å². The average molecular weight is 349 g/mol. The minimum Gasteiger partial charge on any atom is -0.417 e. The molecular formula is C22H40OSi. The molecule has 1 nitrogen and oxygen atoms in total. The molecule has 4 aliphatic carbocycles. The summed E-state index contributed by atoms with van der Waals surface area (Å²) < 4.78 is 6.86.